The van der Waals surface area contributed by atoms with Crippen LogP contribution in [0.1, 0.15) is 81.4 Å². The summed E-state index contributed by atoms with van der Waals surface area (Å²) in [4.78, 5) is 51.9. The molecule has 1 aliphatic carbocycles. The van der Waals surface area contributed by atoms with Crippen molar-refractivity contribution in [1.29, 1.82) is 0 Å². The highest BCUT2D eigenvalue weighted by atomic mass is 35.5. The number of halogens is 3. The zero-order chi connectivity index (χ0) is 43.0. The molecule has 10 rings (SSSR count). The minimum Gasteiger partial charge on any atom is -0.480 e. The predicted molar refractivity (Wildman–Crippen MR) is 234 cm³/mol. The summed E-state index contributed by atoms with van der Waals surface area (Å²) >= 11 is 6.65. The van der Waals surface area contributed by atoms with Crippen LogP contribution in [0.15, 0.2) is 47.4 Å². The zero-order valence-electron chi connectivity index (χ0n) is 35.1. The summed E-state index contributed by atoms with van der Waals surface area (Å²) in [7, 11) is 3.53. The Balaban J connectivity index is 0.774. The molecule has 4 fully saturated rings. The number of pyridine rings is 1. The average Bonchev–Trinajstić information content (AvgIpc) is 4.06. The summed E-state index contributed by atoms with van der Waals surface area (Å²) in [6, 6.07) is 11.3. The van der Waals surface area contributed by atoms with Crippen molar-refractivity contribution in [1.82, 2.24) is 34.5 Å². The molecule has 2 aromatic carbocycles. The molecular formula is C45H51ClF2N10O4. The highest BCUT2D eigenvalue weighted by Gasteiger charge is 2.51. The van der Waals surface area contributed by atoms with E-state index in [9.17, 15) is 14.4 Å². The molecule has 3 aromatic heterocycles. The Kier molecular flexibility index (Phi) is 10.4. The molecule has 3 saturated heterocycles. The lowest BCUT2D eigenvalue weighted by Crippen LogP contribution is -2.45. The topological polar surface area (TPSA) is 152 Å². The number of aryl methyl sites for hydroxylation is 2. The summed E-state index contributed by atoms with van der Waals surface area (Å²) in [5, 5.41) is 15.5. The van der Waals surface area contributed by atoms with Crippen LogP contribution in [0, 0.1) is 11.8 Å². The lowest BCUT2D eigenvalue weighted by atomic mass is 9.84. The van der Waals surface area contributed by atoms with E-state index in [0.717, 1.165) is 68.5 Å². The lowest BCUT2D eigenvalue weighted by molar-refractivity contribution is -0.134. The van der Waals surface area contributed by atoms with Gasteiger partial charge in [0.15, 0.2) is 12.4 Å². The SMILES string of the molecule is C[C@@H]1C[C@H](c2ccc3c(C4CCC(=O)NC4=O)nn(C)c3c2)CCN1CC1CCN(c2ncc(Cl)c(Nc3ccc4c(c3)c3c(c(=O)n4C)OCC(F)(F)[C@H](C4CC4)N3)n2)CC1. The quantitative estimate of drug-likeness (QED) is 0.141. The molecule has 326 valence electrons. The van der Waals surface area contributed by atoms with Crippen LogP contribution in [0.3, 0.4) is 0 Å². The molecule has 4 aliphatic heterocycles. The van der Waals surface area contributed by atoms with Crippen LogP contribution < -0.4 is 31.1 Å². The van der Waals surface area contributed by atoms with E-state index in [1.165, 1.54) is 10.1 Å². The Morgan fingerprint density at radius 1 is 0.968 bits per heavy atom. The number of aromatic nitrogens is 5. The van der Waals surface area contributed by atoms with E-state index in [1.807, 2.05) is 23.9 Å². The van der Waals surface area contributed by atoms with Crippen molar-refractivity contribution in [2.45, 2.75) is 88.1 Å². The summed E-state index contributed by atoms with van der Waals surface area (Å²) in [5.74, 6) is -2.33. The molecule has 4 atom stereocenters. The maximum absolute atomic E-state index is 15.2. The smallest absolute Gasteiger partial charge is 0.301 e. The van der Waals surface area contributed by atoms with E-state index in [0.29, 0.717) is 76.9 Å². The van der Waals surface area contributed by atoms with Gasteiger partial charge in [-0.25, -0.2) is 13.8 Å². The second-order valence-corrected chi connectivity index (χ2v) is 18.5. The fourth-order valence-corrected chi connectivity index (χ4v) is 10.4. The number of carbonyl (C=O) groups is 2. The number of nitrogens with one attached hydrogen (secondary N) is 3. The number of ether oxygens (including phenoxy) is 1. The molecule has 14 nitrogen and oxygen atoms in total. The fraction of sp³-hybridized carbons (Fsp3) is 0.511. The monoisotopic (exact) mass is 868 g/mol. The molecule has 17 heteroatoms. The molecule has 3 N–H and O–H groups in total. The van der Waals surface area contributed by atoms with Gasteiger partial charge in [0.25, 0.3) is 5.56 Å². The van der Waals surface area contributed by atoms with Crippen LogP contribution in [0.2, 0.25) is 5.02 Å². The number of rotatable bonds is 8. The van der Waals surface area contributed by atoms with Gasteiger partial charge < -0.3 is 29.7 Å². The Morgan fingerprint density at radius 3 is 2.53 bits per heavy atom. The standard InChI is InChI=1S/C45H51ClF2N10O4/c1-24-18-28(27-6-8-30-35(19-27)56(3)54-37(30)31-9-11-36(59)51-42(31)60)14-17-58(24)22-25-12-15-57(16-13-25)44-49-21-33(46)41(53-44)50-29-7-10-34-32(20-29)38-39(43(61)55(34)2)62-23-45(47,48)40(52-38)26-4-5-26/h6-8,10,19-21,24-26,28,31,40,52H,4-5,9,11-18,22-23H2,1-3H3,(H,49,50,53)(H,51,59,60)/t24-,28-,31?,40+/m1/s1. The van der Waals surface area contributed by atoms with Gasteiger partial charge in [0.2, 0.25) is 23.5 Å². The first-order valence-corrected chi connectivity index (χ1v) is 22.2. The summed E-state index contributed by atoms with van der Waals surface area (Å²) in [6.07, 6.45) is 7.97. The van der Waals surface area contributed by atoms with Gasteiger partial charge in [-0.1, -0.05) is 23.7 Å². The number of hydrogen-bond donors (Lipinski definition) is 3. The minimum atomic E-state index is -3.13. The molecule has 1 saturated carbocycles. The van der Waals surface area contributed by atoms with Crippen LogP contribution >= 0.6 is 11.6 Å². The average molecular weight is 869 g/mol. The van der Waals surface area contributed by atoms with E-state index in [1.54, 1.807) is 19.3 Å². The van der Waals surface area contributed by atoms with Crippen LogP contribution in [-0.2, 0) is 23.7 Å². The van der Waals surface area contributed by atoms with Gasteiger partial charge in [0.1, 0.15) is 5.02 Å². The molecule has 0 radical (unpaired) electrons. The third-order valence-corrected chi connectivity index (χ3v) is 14.2. The number of hydrogen-bond acceptors (Lipinski definition) is 11. The number of anilines is 4. The van der Waals surface area contributed by atoms with Gasteiger partial charge in [-0.3, -0.25) is 24.4 Å². The lowest BCUT2D eigenvalue weighted by Gasteiger charge is -2.41. The van der Waals surface area contributed by atoms with Crippen molar-refractivity contribution in [2.24, 2.45) is 25.9 Å². The first kappa shape index (κ1) is 40.7. The first-order valence-electron chi connectivity index (χ1n) is 21.8. The third-order valence-electron chi connectivity index (χ3n) is 14.0. The second kappa shape index (κ2) is 15.8. The van der Waals surface area contributed by atoms with E-state index in [4.69, 9.17) is 26.4 Å². The minimum absolute atomic E-state index is 0.103. The van der Waals surface area contributed by atoms with Crippen molar-refractivity contribution < 1.29 is 23.1 Å². The number of carbonyl (C=O) groups excluding carboxylic acids is 2. The molecule has 5 aliphatic rings. The molecule has 5 aromatic rings. The summed E-state index contributed by atoms with van der Waals surface area (Å²) in [6.45, 7) is 5.18. The number of imide groups is 1. The van der Waals surface area contributed by atoms with Gasteiger partial charge in [0.05, 0.1) is 40.6 Å². The Hall–Kier alpha value is -5.35. The van der Waals surface area contributed by atoms with Gasteiger partial charge in [-0.15, -0.1) is 0 Å². The first-order chi connectivity index (χ1) is 29.8. The van der Waals surface area contributed by atoms with Crippen LogP contribution in [0.4, 0.5) is 31.9 Å². The van der Waals surface area contributed by atoms with Crippen LogP contribution in [0.5, 0.6) is 5.75 Å². The molecular weight excluding hydrogens is 818 g/mol. The highest BCUT2D eigenvalue weighted by Crippen LogP contribution is 2.46. The molecule has 1 unspecified atom stereocenters. The van der Waals surface area contributed by atoms with Crippen molar-refractivity contribution in [3.8, 4) is 5.75 Å². The van der Waals surface area contributed by atoms with Crippen molar-refractivity contribution in [2.75, 3.05) is 48.3 Å². The molecule has 0 spiro atoms. The Labute approximate surface area is 362 Å². The fourth-order valence-electron chi connectivity index (χ4n) is 10.2. The Morgan fingerprint density at radius 2 is 1.77 bits per heavy atom. The summed E-state index contributed by atoms with van der Waals surface area (Å²) in [5.41, 5.74) is 4.07. The number of alkyl halides is 2. The second-order valence-electron chi connectivity index (χ2n) is 18.1. The van der Waals surface area contributed by atoms with Crippen molar-refractivity contribution in [3.63, 3.8) is 0 Å². The van der Waals surface area contributed by atoms with Crippen molar-refractivity contribution in [3.05, 3.63) is 69.2 Å². The third kappa shape index (κ3) is 7.52. The molecule has 2 amide bonds. The number of benzene rings is 2. The number of likely N-dealkylation sites (tertiary alicyclic amines) is 1. The maximum Gasteiger partial charge on any atom is 0.301 e. The predicted octanol–water partition coefficient (Wildman–Crippen LogP) is 6.84. The molecule has 62 heavy (non-hydrogen) atoms. The van der Waals surface area contributed by atoms with Crippen LogP contribution in [0.25, 0.3) is 21.8 Å². The van der Waals surface area contributed by atoms with Gasteiger partial charge in [-0.2, -0.15) is 10.1 Å². The van der Waals surface area contributed by atoms with E-state index in [2.05, 4.69) is 55.9 Å². The molecule has 0 bridgehead atoms. The zero-order valence-corrected chi connectivity index (χ0v) is 35.9. The van der Waals surface area contributed by atoms with Gasteiger partial charge in [0, 0.05) is 62.7 Å². The van der Waals surface area contributed by atoms with Gasteiger partial charge >= 0.3 is 5.92 Å². The Bertz CT molecular complexity index is 2660. The van der Waals surface area contributed by atoms with E-state index < -0.39 is 30.0 Å². The largest absolute Gasteiger partial charge is 0.480 e. The number of piperidine rings is 3. The van der Waals surface area contributed by atoms with Crippen LogP contribution in [-0.4, -0.2) is 91.8 Å². The number of nitrogens with zero attached hydrogens (tertiary/aromatic N) is 7. The van der Waals surface area contributed by atoms with Crippen molar-refractivity contribution >= 4 is 68.4 Å². The number of amides is 2. The molecule has 7 heterocycles. The van der Waals surface area contributed by atoms with Gasteiger partial charge in [-0.05, 0) is 106 Å². The highest BCUT2D eigenvalue weighted by molar-refractivity contribution is 6.33. The normalized spacial score (nSPS) is 24.6. The maximum atomic E-state index is 15.2. The number of fused-ring (bicyclic) bond motifs is 4. The summed E-state index contributed by atoms with van der Waals surface area (Å²) < 4.78 is 39.2. The van der Waals surface area contributed by atoms with E-state index in [-0.39, 0.29) is 29.2 Å². The van der Waals surface area contributed by atoms with E-state index >= 15 is 8.78 Å².